The summed E-state index contributed by atoms with van der Waals surface area (Å²) in [6.07, 6.45) is 2.28. The van der Waals surface area contributed by atoms with Crippen LogP contribution in [-0.2, 0) is 15.9 Å². The first-order chi connectivity index (χ1) is 11.0. The molecule has 0 radical (unpaired) electrons. The fourth-order valence-electron chi connectivity index (χ4n) is 1.98. The van der Waals surface area contributed by atoms with Gasteiger partial charge in [0.05, 0.1) is 12.3 Å². The van der Waals surface area contributed by atoms with Crippen LogP contribution in [0.3, 0.4) is 0 Å². The highest BCUT2D eigenvalue weighted by atomic mass is 16.6. The van der Waals surface area contributed by atoms with E-state index >= 15 is 0 Å². The zero-order chi connectivity index (χ0) is 17.2. The van der Waals surface area contributed by atoms with E-state index in [-0.39, 0.29) is 13.2 Å². The molecule has 0 unspecified atom stereocenters. The van der Waals surface area contributed by atoms with Crippen molar-refractivity contribution in [2.24, 2.45) is 5.84 Å². The van der Waals surface area contributed by atoms with Crippen molar-refractivity contribution in [1.82, 2.24) is 0 Å². The molecule has 0 aromatic heterocycles. The maximum Gasteiger partial charge on any atom is 0.428 e. The monoisotopic (exact) mass is 320 g/mol. The molecule has 0 atom stereocenters. The molecule has 3 N–H and O–H groups in total. The number of nitrogens with zero attached hydrogens (tertiary/aromatic N) is 1. The number of aryl methyl sites for hydroxylation is 1. The van der Waals surface area contributed by atoms with Crippen molar-refractivity contribution < 1.29 is 19.4 Å². The number of anilines is 1. The summed E-state index contributed by atoms with van der Waals surface area (Å²) in [6.45, 7) is 9.80. The molecule has 0 saturated heterocycles. The Kier molecular flexibility index (Phi) is 7.87. The van der Waals surface area contributed by atoms with E-state index in [0.717, 1.165) is 10.6 Å². The SMILES string of the molecule is C=CCOC(=C)c1cc(CCCO)ccc1N(N)C(=O)OCC. The molecule has 0 heterocycles. The Bertz CT molecular complexity index is 558. The third-order valence-electron chi connectivity index (χ3n) is 3.08. The summed E-state index contributed by atoms with van der Waals surface area (Å²) >= 11 is 0. The minimum atomic E-state index is -0.659. The highest BCUT2D eigenvalue weighted by molar-refractivity contribution is 5.90. The van der Waals surface area contributed by atoms with Gasteiger partial charge in [-0.05, 0) is 37.5 Å². The minimum Gasteiger partial charge on any atom is -0.489 e. The first-order valence-corrected chi connectivity index (χ1v) is 7.43. The van der Waals surface area contributed by atoms with Crippen LogP contribution in [0.4, 0.5) is 10.5 Å². The van der Waals surface area contributed by atoms with Crippen LogP contribution < -0.4 is 10.9 Å². The smallest absolute Gasteiger partial charge is 0.428 e. The third kappa shape index (κ3) is 5.43. The van der Waals surface area contributed by atoms with E-state index in [1.807, 2.05) is 12.1 Å². The van der Waals surface area contributed by atoms with Crippen molar-refractivity contribution in [3.05, 3.63) is 48.6 Å². The van der Waals surface area contributed by atoms with Crippen molar-refractivity contribution >= 4 is 17.5 Å². The summed E-state index contributed by atoms with van der Waals surface area (Å²) in [5.74, 6) is 6.22. The number of aliphatic hydroxyl groups is 1. The van der Waals surface area contributed by atoms with E-state index in [1.54, 1.807) is 19.1 Å². The van der Waals surface area contributed by atoms with Crippen LogP contribution in [-0.4, -0.2) is 31.0 Å². The van der Waals surface area contributed by atoms with Crippen molar-refractivity contribution in [2.45, 2.75) is 19.8 Å². The molecular formula is C17H24N2O4. The van der Waals surface area contributed by atoms with Gasteiger partial charge in [-0.1, -0.05) is 25.3 Å². The summed E-state index contributed by atoms with van der Waals surface area (Å²) < 4.78 is 10.4. The molecular weight excluding hydrogens is 296 g/mol. The Morgan fingerprint density at radius 2 is 2.17 bits per heavy atom. The lowest BCUT2D eigenvalue weighted by Gasteiger charge is -2.21. The van der Waals surface area contributed by atoms with Gasteiger partial charge in [-0.25, -0.2) is 15.6 Å². The number of carbonyl (C=O) groups excluding carboxylic acids is 1. The van der Waals surface area contributed by atoms with Gasteiger partial charge in [-0.15, -0.1) is 0 Å². The Morgan fingerprint density at radius 1 is 1.43 bits per heavy atom. The predicted octanol–water partition coefficient (Wildman–Crippen LogP) is 2.62. The minimum absolute atomic E-state index is 0.108. The first kappa shape index (κ1) is 18.7. The number of ether oxygens (including phenoxy) is 2. The Labute approximate surface area is 136 Å². The third-order valence-corrected chi connectivity index (χ3v) is 3.08. The van der Waals surface area contributed by atoms with Gasteiger partial charge >= 0.3 is 6.09 Å². The van der Waals surface area contributed by atoms with E-state index in [1.165, 1.54) is 0 Å². The summed E-state index contributed by atoms with van der Waals surface area (Å²) in [6, 6.07) is 5.39. The van der Waals surface area contributed by atoms with Crippen LogP contribution in [0.25, 0.3) is 5.76 Å². The molecule has 0 fully saturated rings. The molecule has 126 valence electrons. The van der Waals surface area contributed by atoms with Gasteiger partial charge in [0.25, 0.3) is 0 Å². The highest BCUT2D eigenvalue weighted by Gasteiger charge is 2.19. The molecule has 0 aliphatic rings. The fraction of sp³-hybridized carbons (Fsp3) is 0.353. The van der Waals surface area contributed by atoms with E-state index in [0.29, 0.717) is 36.5 Å². The van der Waals surface area contributed by atoms with Crippen molar-refractivity contribution in [3.8, 4) is 0 Å². The molecule has 0 spiro atoms. The largest absolute Gasteiger partial charge is 0.489 e. The number of hydrogen-bond donors (Lipinski definition) is 2. The molecule has 23 heavy (non-hydrogen) atoms. The van der Waals surface area contributed by atoms with E-state index in [9.17, 15) is 4.79 Å². The standard InChI is InChI=1S/C17H24N2O4/c1-4-11-23-13(3)15-12-14(7-6-10-20)8-9-16(15)19(18)17(21)22-5-2/h4,8-9,12,20H,1,3,5-7,10-11,18H2,2H3. The topological polar surface area (TPSA) is 85.0 Å². The Hall–Kier alpha value is -2.31. The molecule has 1 aromatic rings. The summed E-state index contributed by atoms with van der Waals surface area (Å²) in [4.78, 5) is 11.8. The molecule has 1 amide bonds. The number of benzene rings is 1. The maximum atomic E-state index is 11.8. The average molecular weight is 320 g/mol. The van der Waals surface area contributed by atoms with Crippen LogP contribution in [0.1, 0.15) is 24.5 Å². The lowest BCUT2D eigenvalue weighted by atomic mass is 10.0. The lowest BCUT2D eigenvalue weighted by molar-refractivity contribution is 0.160. The zero-order valence-electron chi connectivity index (χ0n) is 13.5. The average Bonchev–Trinajstić information content (AvgIpc) is 2.57. The van der Waals surface area contributed by atoms with Gasteiger partial charge in [0.15, 0.2) is 0 Å². The fourth-order valence-corrected chi connectivity index (χ4v) is 1.98. The van der Waals surface area contributed by atoms with Crippen molar-refractivity contribution in [3.63, 3.8) is 0 Å². The molecule has 0 bridgehead atoms. The number of nitrogens with two attached hydrogens (primary N) is 1. The van der Waals surface area contributed by atoms with Crippen LogP contribution >= 0.6 is 0 Å². The van der Waals surface area contributed by atoms with Gasteiger partial charge < -0.3 is 14.6 Å². The predicted molar refractivity (Wildman–Crippen MR) is 90.7 cm³/mol. The molecule has 0 saturated carbocycles. The maximum absolute atomic E-state index is 11.8. The van der Waals surface area contributed by atoms with Crippen LogP contribution in [0, 0.1) is 0 Å². The quantitative estimate of drug-likeness (QED) is 0.240. The second kappa shape index (κ2) is 9.66. The Morgan fingerprint density at radius 3 is 2.78 bits per heavy atom. The van der Waals surface area contributed by atoms with Crippen LogP contribution in [0.15, 0.2) is 37.4 Å². The molecule has 0 aliphatic heterocycles. The van der Waals surface area contributed by atoms with E-state index < -0.39 is 6.09 Å². The number of carbonyl (C=O) groups is 1. The molecule has 6 nitrogen and oxygen atoms in total. The van der Waals surface area contributed by atoms with E-state index in [4.69, 9.17) is 20.4 Å². The number of aliphatic hydroxyl groups excluding tert-OH is 1. The van der Waals surface area contributed by atoms with Crippen molar-refractivity contribution in [1.29, 1.82) is 0 Å². The van der Waals surface area contributed by atoms with Crippen molar-refractivity contribution in [2.75, 3.05) is 24.8 Å². The highest BCUT2D eigenvalue weighted by Crippen LogP contribution is 2.28. The van der Waals surface area contributed by atoms with Gasteiger partial charge in [0, 0.05) is 12.2 Å². The van der Waals surface area contributed by atoms with Gasteiger partial charge in [0.2, 0.25) is 0 Å². The zero-order valence-corrected chi connectivity index (χ0v) is 13.5. The van der Waals surface area contributed by atoms with Gasteiger partial charge in [-0.3, -0.25) is 0 Å². The molecule has 1 rings (SSSR count). The lowest BCUT2D eigenvalue weighted by Crippen LogP contribution is -2.38. The molecule has 0 aliphatic carbocycles. The van der Waals surface area contributed by atoms with Gasteiger partial charge in [0.1, 0.15) is 12.4 Å². The van der Waals surface area contributed by atoms with Crippen LogP contribution in [0.2, 0.25) is 0 Å². The number of amides is 1. The van der Waals surface area contributed by atoms with Gasteiger partial charge in [-0.2, -0.15) is 0 Å². The molecule has 6 heteroatoms. The molecule has 1 aromatic carbocycles. The van der Waals surface area contributed by atoms with E-state index in [2.05, 4.69) is 13.2 Å². The van der Waals surface area contributed by atoms with Crippen LogP contribution in [0.5, 0.6) is 0 Å². The number of hydrogen-bond acceptors (Lipinski definition) is 5. The first-order valence-electron chi connectivity index (χ1n) is 7.43. The Balaban J connectivity index is 3.13. The summed E-state index contributed by atoms with van der Waals surface area (Å²) in [7, 11) is 0. The number of hydrazine groups is 1. The summed E-state index contributed by atoms with van der Waals surface area (Å²) in [5, 5.41) is 9.88. The number of rotatable bonds is 9. The normalized spacial score (nSPS) is 10.0. The summed E-state index contributed by atoms with van der Waals surface area (Å²) in [5.41, 5.74) is 2.02. The second-order valence-corrected chi connectivity index (χ2v) is 4.77. The second-order valence-electron chi connectivity index (χ2n) is 4.77.